The number of thioether (sulfide) groups is 1. The van der Waals surface area contributed by atoms with Crippen LogP contribution < -0.4 is 5.32 Å². The standard InChI is InChI=1S/C20H14ClN3OS/c21-14-8-10-15(11-9-14)22-20-23-19(25)18(26-20)13-17-7-4-12-24(17)16-5-2-1-3-6-16/h1-13H,(H,22,23,25). The van der Waals surface area contributed by atoms with E-state index in [2.05, 4.69) is 10.3 Å². The highest BCUT2D eigenvalue weighted by atomic mass is 35.5. The molecule has 0 aliphatic carbocycles. The normalized spacial score (nSPS) is 17.0. The fourth-order valence-electron chi connectivity index (χ4n) is 2.58. The van der Waals surface area contributed by atoms with Crippen molar-refractivity contribution in [3.8, 4) is 5.69 Å². The average Bonchev–Trinajstić information content (AvgIpc) is 3.25. The van der Waals surface area contributed by atoms with Gasteiger partial charge in [-0.15, -0.1) is 0 Å². The number of halogens is 1. The Kier molecular flexibility index (Phi) is 4.65. The predicted octanol–water partition coefficient (Wildman–Crippen LogP) is 5.02. The first kappa shape index (κ1) is 16.7. The minimum absolute atomic E-state index is 0.150. The molecule has 6 heteroatoms. The van der Waals surface area contributed by atoms with E-state index in [-0.39, 0.29) is 5.91 Å². The Morgan fingerprint density at radius 2 is 1.77 bits per heavy atom. The molecule has 2 heterocycles. The third-order valence-electron chi connectivity index (χ3n) is 3.80. The lowest BCUT2D eigenvalue weighted by Gasteiger charge is -2.06. The molecule has 4 nitrogen and oxygen atoms in total. The largest absolute Gasteiger partial charge is 0.317 e. The lowest BCUT2D eigenvalue weighted by molar-refractivity contribution is -0.115. The van der Waals surface area contributed by atoms with Gasteiger partial charge in [0.05, 0.1) is 10.6 Å². The molecule has 0 atom stereocenters. The number of hydrogen-bond acceptors (Lipinski definition) is 3. The van der Waals surface area contributed by atoms with Crippen LogP contribution in [0.25, 0.3) is 11.8 Å². The van der Waals surface area contributed by atoms with Crippen LogP contribution in [0.5, 0.6) is 0 Å². The van der Waals surface area contributed by atoms with Crippen molar-refractivity contribution < 1.29 is 4.79 Å². The molecule has 4 rings (SSSR count). The van der Waals surface area contributed by atoms with E-state index in [1.54, 1.807) is 12.1 Å². The van der Waals surface area contributed by atoms with Gasteiger partial charge in [0.2, 0.25) is 0 Å². The van der Waals surface area contributed by atoms with Gasteiger partial charge in [-0.25, -0.2) is 4.99 Å². The first-order valence-electron chi connectivity index (χ1n) is 7.97. The van der Waals surface area contributed by atoms with E-state index >= 15 is 0 Å². The highest BCUT2D eigenvalue weighted by Crippen LogP contribution is 2.29. The number of para-hydroxylation sites is 1. The van der Waals surface area contributed by atoms with Crippen LogP contribution in [0.4, 0.5) is 5.69 Å². The van der Waals surface area contributed by atoms with E-state index in [1.807, 2.05) is 71.4 Å². The zero-order chi connectivity index (χ0) is 17.9. The van der Waals surface area contributed by atoms with Crippen LogP contribution in [0, 0.1) is 0 Å². The second kappa shape index (κ2) is 7.23. The van der Waals surface area contributed by atoms with Crippen molar-refractivity contribution in [1.29, 1.82) is 0 Å². The Morgan fingerprint density at radius 3 is 2.54 bits per heavy atom. The molecule has 1 N–H and O–H groups in total. The van der Waals surface area contributed by atoms with Crippen molar-refractivity contribution in [2.75, 3.05) is 0 Å². The highest BCUT2D eigenvalue weighted by molar-refractivity contribution is 8.18. The molecule has 0 unspecified atom stereocenters. The molecule has 26 heavy (non-hydrogen) atoms. The molecule has 0 saturated carbocycles. The Labute approximate surface area is 160 Å². The van der Waals surface area contributed by atoms with Crippen LogP contribution in [-0.4, -0.2) is 15.6 Å². The molecular formula is C20H14ClN3OS. The van der Waals surface area contributed by atoms with Gasteiger partial charge in [-0.05, 0) is 66.4 Å². The molecule has 1 fully saturated rings. The van der Waals surface area contributed by atoms with Crippen LogP contribution in [0.1, 0.15) is 5.69 Å². The fraction of sp³-hybridized carbons (Fsp3) is 0. The lowest BCUT2D eigenvalue weighted by Crippen LogP contribution is -2.19. The Bertz CT molecular complexity index is 1010. The maximum absolute atomic E-state index is 12.3. The third-order valence-corrected chi connectivity index (χ3v) is 4.96. The molecule has 3 aromatic rings. The van der Waals surface area contributed by atoms with Crippen molar-refractivity contribution in [3.63, 3.8) is 0 Å². The maximum atomic E-state index is 12.3. The number of benzene rings is 2. The number of aromatic nitrogens is 1. The summed E-state index contributed by atoms with van der Waals surface area (Å²) in [4.78, 5) is 17.3. The molecular weight excluding hydrogens is 366 g/mol. The zero-order valence-electron chi connectivity index (χ0n) is 13.6. The second-order valence-corrected chi connectivity index (χ2v) is 7.06. The van der Waals surface area contributed by atoms with Gasteiger partial charge in [0.1, 0.15) is 0 Å². The van der Waals surface area contributed by atoms with E-state index < -0.39 is 0 Å². The van der Waals surface area contributed by atoms with Gasteiger partial charge in [0.15, 0.2) is 5.17 Å². The van der Waals surface area contributed by atoms with Gasteiger partial charge in [0.25, 0.3) is 5.91 Å². The number of carbonyl (C=O) groups is 1. The van der Waals surface area contributed by atoms with Crippen LogP contribution in [0.15, 0.2) is 82.8 Å². The van der Waals surface area contributed by atoms with Gasteiger partial charge in [0, 0.05) is 22.6 Å². The van der Waals surface area contributed by atoms with Crippen LogP contribution in [-0.2, 0) is 4.79 Å². The molecule has 1 amide bonds. The van der Waals surface area contributed by atoms with Crippen LogP contribution in [0.3, 0.4) is 0 Å². The number of hydrogen-bond donors (Lipinski definition) is 1. The Morgan fingerprint density at radius 1 is 1.00 bits per heavy atom. The summed E-state index contributed by atoms with van der Waals surface area (Å²) >= 11 is 7.21. The first-order valence-corrected chi connectivity index (χ1v) is 9.16. The quantitative estimate of drug-likeness (QED) is 0.649. The van der Waals surface area contributed by atoms with Gasteiger partial charge in [-0.3, -0.25) is 4.79 Å². The average molecular weight is 380 g/mol. The summed E-state index contributed by atoms with van der Waals surface area (Å²) in [5, 5.41) is 4.01. The summed E-state index contributed by atoms with van der Waals surface area (Å²) in [6, 6.07) is 21.1. The van der Waals surface area contributed by atoms with Crippen molar-refractivity contribution in [2.24, 2.45) is 4.99 Å². The molecule has 0 radical (unpaired) electrons. The SMILES string of the molecule is O=C1NC(=Nc2ccc(Cl)cc2)SC1=Cc1cccn1-c1ccccc1. The summed E-state index contributed by atoms with van der Waals surface area (Å²) < 4.78 is 2.04. The Balaban J connectivity index is 1.60. The molecule has 1 aliphatic rings. The zero-order valence-corrected chi connectivity index (χ0v) is 15.2. The van der Waals surface area contributed by atoms with Crippen LogP contribution in [0.2, 0.25) is 5.02 Å². The topological polar surface area (TPSA) is 46.4 Å². The first-order chi connectivity index (χ1) is 12.7. The number of rotatable bonds is 3. The highest BCUT2D eigenvalue weighted by Gasteiger charge is 2.24. The molecule has 0 bridgehead atoms. The lowest BCUT2D eigenvalue weighted by atomic mass is 10.3. The molecule has 1 saturated heterocycles. The monoisotopic (exact) mass is 379 g/mol. The van der Waals surface area contributed by atoms with Crippen molar-refractivity contribution in [2.45, 2.75) is 0 Å². The van der Waals surface area contributed by atoms with Crippen LogP contribution >= 0.6 is 23.4 Å². The number of carbonyl (C=O) groups excluding carboxylic acids is 1. The smallest absolute Gasteiger partial charge is 0.264 e. The van der Waals surface area contributed by atoms with E-state index in [9.17, 15) is 4.79 Å². The number of amides is 1. The molecule has 128 valence electrons. The fourth-order valence-corrected chi connectivity index (χ4v) is 3.54. The summed E-state index contributed by atoms with van der Waals surface area (Å²) in [5.41, 5.74) is 2.72. The molecule has 1 aliphatic heterocycles. The number of aliphatic imine (C=N–C) groups is 1. The summed E-state index contributed by atoms with van der Waals surface area (Å²) in [6.45, 7) is 0. The second-order valence-electron chi connectivity index (χ2n) is 5.60. The maximum Gasteiger partial charge on any atom is 0.264 e. The number of nitrogens with one attached hydrogen (secondary N) is 1. The van der Waals surface area contributed by atoms with E-state index in [4.69, 9.17) is 11.6 Å². The van der Waals surface area contributed by atoms with Gasteiger partial charge in [-0.1, -0.05) is 29.8 Å². The number of nitrogens with zero attached hydrogens (tertiary/aromatic N) is 2. The van der Waals surface area contributed by atoms with E-state index in [0.717, 1.165) is 17.1 Å². The number of amidine groups is 1. The summed E-state index contributed by atoms with van der Waals surface area (Å²) in [7, 11) is 0. The minimum Gasteiger partial charge on any atom is -0.317 e. The van der Waals surface area contributed by atoms with Crippen molar-refractivity contribution in [3.05, 3.63) is 88.5 Å². The molecule has 1 aromatic heterocycles. The molecule has 0 spiro atoms. The molecule has 2 aromatic carbocycles. The van der Waals surface area contributed by atoms with Gasteiger partial charge < -0.3 is 9.88 Å². The van der Waals surface area contributed by atoms with E-state index in [1.165, 1.54) is 11.8 Å². The van der Waals surface area contributed by atoms with Crippen molar-refractivity contribution in [1.82, 2.24) is 9.88 Å². The predicted molar refractivity (Wildman–Crippen MR) is 108 cm³/mol. The summed E-state index contributed by atoms with van der Waals surface area (Å²) in [6.07, 6.45) is 3.85. The van der Waals surface area contributed by atoms with Gasteiger partial charge >= 0.3 is 0 Å². The third kappa shape index (κ3) is 3.59. The van der Waals surface area contributed by atoms with Gasteiger partial charge in [-0.2, -0.15) is 0 Å². The minimum atomic E-state index is -0.150. The van der Waals surface area contributed by atoms with E-state index in [0.29, 0.717) is 15.1 Å². The van der Waals surface area contributed by atoms with Crippen molar-refractivity contribution >= 4 is 46.2 Å². The summed E-state index contributed by atoms with van der Waals surface area (Å²) in [5.74, 6) is -0.150. The Hall–Kier alpha value is -2.76.